The largest absolute Gasteiger partial charge is 0.496 e. The van der Waals surface area contributed by atoms with Crippen molar-refractivity contribution < 1.29 is 14.6 Å². The second-order valence-corrected chi connectivity index (χ2v) is 2.81. The maximum absolute atomic E-state index is 10.6. The third kappa shape index (κ3) is 2.15. The predicted molar refractivity (Wildman–Crippen MR) is 52.6 cm³/mol. The quantitative estimate of drug-likeness (QED) is 0.728. The van der Waals surface area contributed by atoms with Crippen LogP contribution < -0.4 is 4.74 Å². The number of carboxylic acid groups (broad SMARTS) is 1. The van der Waals surface area contributed by atoms with Crippen LogP contribution in [-0.2, 0) is 5.75 Å². The predicted octanol–water partition coefficient (Wildman–Crippen LogP) is 1.82. The Morgan fingerprint density at radius 1 is 1.62 bits per heavy atom. The van der Waals surface area contributed by atoms with Gasteiger partial charge < -0.3 is 9.84 Å². The second kappa shape index (κ2) is 4.18. The molecule has 13 heavy (non-hydrogen) atoms. The van der Waals surface area contributed by atoms with Crippen LogP contribution in [0.15, 0.2) is 18.2 Å². The maximum atomic E-state index is 10.6. The lowest BCUT2D eigenvalue weighted by molar-refractivity contribution is 0.0696. The summed E-state index contributed by atoms with van der Waals surface area (Å²) in [5.41, 5.74) is 1.11. The van der Waals surface area contributed by atoms with E-state index in [0.29, 0.717) is 11.5 Å². The lowest BCUT2D eigenvalue weighted by Crippen LogP contribution is -1.98. The molecule has 70 valence electrons. The van der Waals surface area contributed by atoms with Crippen molar-refractivity contribution in [2.75, 3.05) is 7.11 Å². The van der Waals surface area contributed by atoms with Crippen molar-refractivity contribution in [1.29, 1.82) is 0 Å². The number of thiol groups is 1. The van der Waals surface area contributed by atoms with Crippen molar-refractivity contribution in [2.45, 2.75) is 5.75 Å². The van der Waals surface area contributed by atoms with Crippen LogP contribution in [0.25, 0.3) is 0 Å². The summed E-state index contributed by atoms with van der Waals surface area (Å²) in [4.78, 5) is 10.6. The lowest BCUT2D eigenvalue weighted by atomic mass is 10.1. The highest BCUT2D eigenvalue weighted by Crippen LogP contribution is 2.21. The van der Waals surface area contributed by atoms with E-state index in [9.17, 15) is 4.79 Å². The van der Waals surface area contributed by atoms with Crippen LogP contribution in [0.4, 0.5) is 0 Å². The maximum Gasteiger partial charge on any atom is 0.335 e. The van der Waals surface area contributed by atoms with Crippen LogP contribution in [0, 0.1) is 0 Å². The van der Waals surface area contributed by atoms with Crippen LogP contribution in [0.3, 0.4) is 0 Å². The molecule has 0 fully saturated rings. The molecule has 1 aromatic carbocycles. The Morgan fingerprint density at radius 3 is 2.77 bits per heavy atom. The fourth-order valence-electron chi connectivity index (χ4n) is 1.01. The van der Waals surface area contributed by atoms with Crippen molar-refractivity contribution in [3.05, 3.63) is 29.3 Å². The topological polar surface area (TPSA) is 46.5 Å². The molecule has 0 atom stereocenters. The van der Waals surface area contributed by atoms with E-state index in [1.54, 1.807) is 6.07 Å². The first kappa shape index (κ1) is 9.92. The number of carboxylic acids is 1. The van der Waals surface area contributed by atoms with Gasteiger partial charge in [-0.3, -0.25) is 0 Å². The van der Waals surface area contributed by atoms with Crippen LogP contribution in [0.1, 0.15) is 15.9 Å². The average molecular weight is 198 g/mol. The van der Waals surface area contributed by atoms with Crippen molar-refractivity contribution in [3.63, 3.8) is 0 Å². The Hall–Kier alpha value is -1.16. The Labute approximate surface area is 81.8 Å². The molecular weight excluding hydrogens is 188 g/mol. The van der Waals surface area contributed by atoms with Gasteiger partial charge in [0, 0.05) is 11.3 Å². The number of carbonyl (C=O) groups is 1. The third-order valence-corrected chi connectivity index (χ3v) is 2.05. The van der Waals surface area contributed by atoms with E-state index in [1.807, 2.05) is 0 Å². The summed E-state index contributed by atoms with van der Waals surface area (Å²) >= 11 is 4.09. The van der Waals surface area contributed by atoms with E-state index in [2.05, 4.69) is 12.6 Å². The molecule has 0 aliphatic rings. The Balaban J connectivity index is 3.13. The number of methoxy groups -OCH3 is 1. The highest BCUT2D eigenvalue weighted by molar-refractivity contribution is 7.79. The Bertz CT molecular complexity index is 323. The zero-order valence-corrected chi connectivity index (χ0v) is 8.04. The normalized spacial score (nSPS) is 9.69. The number of aromatic carboxylic acids is 1. The molecule has 0 radical (unpaired) electrons. The highest BCUT2D eigenvalue weighted by Gasteiger charge is 2.07. The van der Waals surface area contributed by atoms with Gasteiger partial charge in [-0.15, -0.1) is 0 Å². The van der Waals surface area contributed by atoms with Gasteiger partial charge in [-0.25, -0.2) is 4.79 Å². The third-order valence-electron chi connectivity index (χ3n) is 1.70. The lowest BCUT2D eigenvalue weighted by Gasteiger charge is -2.06. The molecule has 1 aromatic rings. The van der Waals surface area contributed by atoms with E-state index in [4.69, 9.17) is 9.84 Å². The summed E-state index contributed by atoms with van der Waals surface area (Å²) in [7, 11) is 1.51. The Morgan fingerprint density at radius 2 is 2.31 bits per heavy atom. The number of hydrogen-bond donors (Lipinski definition) is 2. The standard InChI is InChI=1S/C9H10O3S/c1-12-8-4-6(9(10)11)2-3-7(8)5-13/h2-4,13H,5H2,1H3,(H,10,11). The van der Waals surface area contributed by atoms with Crippen molar-refractivity contribution in [2.24, 2.45) is 0 Å². The van der Waals surface area contributed by atoms with Crippen molar-refractivity contribution >= 4 is 18.6 Å². The van der Waals surface area contributed by atoms with Gasteiger partial charge in [-0.1, -0.05) is 6.07 Å². The molecule has 1 N–H and O–H groups in total. The molecule has 0 aliphatic heterocycles. The average Bonchev–Trinajstić information content (AvgIpc) is 2.16. The summed E-state index contributed by atoms with van der Waals surface area (Å²) in [6.07, 6.45) is 0. The smallest absolute Gasteiger partial charge is 0.335 e. The number of ether oxygens (including phenoxy) is 1. The number of benzene rings is 1. The molecule has 3 nitrogen and oxygen atoms in total. The monoisotopic (exact) mass is 198 g/mol. The highest BCUT2D eigenvalue weighted by atomic mass is 32.1. The summed E-state index contributed by atoms with van der Waals surface area (Å²) in [6.45, 7) is 0. The van der Waals surface area contributed by atoms with Gasteiger partial charge >= 0.3 is 5.97 Å². The summed E-state index contributed by atoms with van der Waals surface area (Å²) in [5, 5.41) is 8.69. The second-order valence-electron chi connectivity index (χ2n) is 2.49. The molecule has 0 aliphatic carbocycles. The fourth-order valence-corrected chi connectivity index (χ4v) is 1.27. The van der Waals surface area contributed by atoms with E-state index >= 15 is 0 Å². The first-order chi connectivity index (χ1) is 6.19. The molecule has 0 aromatic heterocycles. The number of rotatable bonds is 3. The SMILES string of the molecule is COc1cc(C(=O)O)ccc1CS. The molecular formula is C9H10O3S. The van der Waals surface area contributed by atoms with Gasteiger partial charge in [0.1, 0.15) is 5.75 Å². The molecule has 1 rings (SSSR count). The van der Waals surface area contributed by atoms with E-state index in [0.717, 1.165) is 5.56 Å². The van der Waals surface area contributed by atoms with Gasteiger partial charge in [-0.05, 0) is 12.1 Å². The minimum Gasteiger partial charge on any atom is -0.496 e. The molecule has 0 saturated carbocycles. The molecule has 0 unspecified atom stereocenters. The minimum atomic E-state index is -0.955. The molecule has 0 saturated heterocycles. The molecule has 0 spiro atoms. The molecule has 0 bridgehead atoms. The van der Waals surface area contributed by atoms with Crippen molar-refractivity contribution in [3.8, 4) is 5.75 Å². The van der Waals surface area contributed by atoms with Crippen molar-refractivity contribution in [1.82, 2.24) is 0 Å². The Kier molecular flexibility index (Phi) is 3.19. The molecule has 0 amide bonds. The fraction of sp³-hybridized carbons (Fsp3) is 0.222. The summed E-state index contributed by atoms with van der Waals surface area (Å²) in [6, 6.07) is 4.74. The first-order valence-electron chi connectivity index (χ1n) is 3.70. The summed E-state index contributed by atoms with van der Waals surface area (Å²) < 4.78 is 5.01. The van der Waals surface area contributed by atoms with Gasteiger partial charge in [0.2, 0.25) is 0 Å². The van der Waals surface area contributed by atoms with Gasteiger partial charge in [0.15, 0.2) is 0 Å². The number of hydrogen-bond acceptors (Lipinski definition) is 3. The van der Waals surface area contributed by atoms with E-state index in [1.165, 1.54) is 19.2 Å². The van der Waals surface area contributed by atoms with Crippen LogP contribution >= 0.6 is 12.6 Å². The first-order valence-corrected chi connectivity index (χ1v) is 4.33. The van der Waals surface area contributed by atoms with E-state index in [-0.39, 0.29) is 5.56 Å². The van der Waals surface area contributed by atoms with Gasteiger partial charge in [0.05, 0.1) is 12.7 Å². The minimum absolute atomic E-state index is 0.224. The zero-order valence-electron chi connectivity index (χ0n) is 7.15. The molecule has 4 heteroatoms. The van der Waals surface area contributed by atoms with E-state index < -0.39 is 5.97 Å². The van der Waals surface area contributed by atoms with Crippen LogP contribution in [0.5, 0.6) is 5.75 Å². The molecule has 0 heterocycles. The van der Waals surface area contributed by atoms with Gasteiger partial charge in [-0.2, -0.15) is 12.6 Å². The van der Waals surface area contributed by atoms with Crippen LogP contribution in [0.2, 0.25) is 0 Å². The van der Waals surface area contributed by atoms with Gasteiger partial charge in [0.25, 0.3) is 0 Å². The van der Waals surface area contributed by atoms with Crippen LogP contribution in [-0.4, -0.2) is 18.2 Å². The zero-order chi connectivity index (χ0) is 9.84. The summed E-state index contributed by atoms with van der Waals surface area (Å²) in [5.74, 6) is 0.141.